The fraction of sp³-hybridized carbons (Fsp3) is 0.125. The van der Waals surface area contributed by atoms with Gasteiger partial charge in [-0.25, -0.2) is 0 Å². The van der Waals surface area contributed by atoms with Crippen molar-refractivity contribution in [3.8, 4) is 0 Å². The minimum Gasteiger partial charge on any atom is -0.324 e. The summed E-state index contributed by atoms with van der Waals surface area (Å²) < 4.78 is 0. The maximum Gasteiger partial charge on any atom is 0.269 e. The lowest BCUT2D eigenvalue weighted by Crippen LogP contribution is -2.14. The molecule has 0 atom stereocenters. The van der Waals surface area contributed by atoms with Gasteiger partial charge in [0.05, 0.1) is 28.4 Å². The van der Waals surface area contributed by atoms with E-state index in [0.717, 1.165) is 5.56 Å². The molecule has 0 bridgehead atoms. The number of hydrogen-bond donors (Lipinski definition) is 1. The molecule has 6 nitrogen and oxygen atoms in total. The third-order valence-electron chi connectivity index (χ3n) is 3.42. The topological polar surface area (TPSA) is 84.6 Å². The summed E-state index contributed by atoms with van der Waals surface area (Å²) in [7, 11) is 0. The van der Waals surface area contributed by atoms with Gasteiger partial charge >= 0.3 is 0 Å². The third-order valence-corrected chi connectivity index (χ3v) is 3.42. The summed E-state index contributed by atoms with van der Waals surface area (Å²) in [5, 5.41) is 13.5. The first-order valence-electron chi connectivity index (χ1n) is 6.76. The number of nitrogens with zero attached hydrogens (tertiary/aromatic N) is 2. The third kappa shape index (κ3) is 2.71. The number of anilines is 1. The summed E-state index contributed by atoms with van der Waals surface area (Å²) in [6, 6.07) is 11.7. The molecule has 22 heavy (non-hydrogen) atoms. The number of nitro benzene ring substituents is 1. The van der Waals surface area contributed by atoms with Crippen LogP contribution in [0.15, 0.2) is 47.5 Å². The molecule has 110 valence electrons. The van der Waals surface area contributed by atoms with Crippen LogP contribution in [0.5, 0.6) is 0 Å². The number of non-ortho nitro benzene ring substituents is 1. The second-order valence-corrected chi connectivity index (χ2v) is 5.11. The molecule has 2 aromatic rings. The average Bonchev–Trinajstić information content (AvgIpc) is 2.65. The Morgan fingerprint density at radius 1 is 1.18 bits per heavy atom. The maximum absolute atomic E-state index is 12.0. The maximum atomic E-state index is 12.0. The first kappa shape index (κ1) is 13.9. The summed E-state index contributed by atoms with van der Waals surface area (Å²) in [6.07, 6.45) is 0.130. The van der Waals surface area contributed by atoms with Crippen molar-refractivity contribution in [2.45, 2.75) is 13.3 Å². The monoisotopic (exact) mass is 295 g/mol. The number of aliphatic imine (C=N–C) groups is 1. The first-order chi connectivity index (χ1) is 10.5. The Labute approximate surface area is 126 Å². The van der Waals surface area contributed by atoms with Crippen molar-refractivity contribution in [1.82, 2.24) is 0 Å². The summed E-state index contributed by atoms with van der Waals surface area (Å²) in [5.74, 6) is -0.153. The quantitative estimate of drug-likeness (QED) is 0.681. The van der Waals surface area contributed by atoms with Gasteiger partial charge in [0.2, 0.25) is 5.91 Å². The van der Waals surface area contributed by atoms with E-state index < -0.39 is 4.92 Å². The Morgan fingerprint density at radius 2 is 1.91 bits per heavy atom. The normalized spacial score (nSPS) is 13.7. The number of rotatable bonds is 2. The number of carbonyl (C=O) groups is 1. The molecule has 1 aliphatic heterocycles. The van der Waals surface area contributed by atoms with Gasteiger partial charge in [-0.1, -0.05) is 6.07 Å². The zero-order valence-corrected chi connectivity index (χ0v) is 11.9. The minimum atomic E-state index is -0.454. The highest BCUT2D eigenvalue weighted by molar-refractivity contribution is 6.16. The van der Waals surface area contributed by atoms with Crippen LogP contribution < -0.4 is 5.32 Å². The van der Waals surface area contributed by atoms with Crippen molar-refractivity contribution in [1.29, 1.82) is 0 Å². The molecule has 0 spiro atoms. The Balaban J connectivity index is 2.05. The fourth-order valence-corrected chi connectivity index (χ4v) is 2.31. The summed E-state index contributed by atoms with van der Waals surface area (Å²) >= 11 is 0. The molecule has 0 saturated carbocycles. The van der Waals surface area contributed by atoms with Crippen LogP contribution in [0, 0.1) is 17.0 Å². The lowest BCUT2D eigenvalue weighted by Gasteiger charge is -2.04. The number of nitro groups is 1. The standard InChI is InChI=1S/C16H13N3O3/c1-10-2-7-13-15(8-10)17-14(9-16(20)18-13)11-3-5-12(6-4-11)19(21)22/h2-8H,9H2,1H3,(H,18,20). The van der Waals surface area contributed by atoms with E-state index in [4.69, 9.17) is 0 Å². The van der Waals surface area contributed by atoms with Gasteiger partial charge in [-0.3, -0.25) is 19.9 Å². The van der Waals surface area contributed by atoms with E-state index in [1.807, 2.05) is 25.1 Å². The summed E-state index contributed by atoms with van der Waals surface area (Å²) in [6.45, 7) is 1.95. The zero-order chi connectivity index (χ0) is 15.7. The average molecular weight is 295 g/mol. The van der Waals surface area contributed by atoms with Crippen LogP contribution in [-0.2, 0) is 4.79 Å². The summed E-state index contributed by atoms with van der Waals surface area (Å²) in [5.41, 5.74) is 3.72. The molecule has 6 heteroatoms. The van der Waals surface area contributed by atoms with Gasteiger partial charge in [0.25, 0.3) is 5.69 Å². The van der Waals surface area contributed by atoms with Crippen molar-refractivity contribution < 1.29 is 9.72 Å². The van der Waals surface area contributed by atoms with Gasteiger partial charge in [0, 0.05) is 12.1 Å². The van der Waals surface area contributed by atoms with Crippen molar-refractivity contribution in [2.75, 3.05) is 5.32 Å². The molecule has 0 aromatic heterocycles. The molecule has 1 aliphatic rings. The van der Waals surface area contributed by atoms with E-state index in [2.05, 4.69) is 10.3 Å². The first-order valence-corrected chi connectivity index (χ1v) is 6.76. The smallest absolute Gasteiger partial charge is 0.269 e. The molecular weight excluding hydrogens is 282 g/mol. The largest absolute Gasteiger partial charge is 0.324 e. The lowest BCUT2D eigenvalue weighted by atomic mass is 10.1. The van der Waals surface area contributed by atoms with E-state index in [1.165, 1.54) is 12.1 Å². The number of hydrogen-bond acceptors (Lipinski definition) is 4. The second-order valence-electron chi connectivity index (χ2n) is 5.11. The van der Waals surface area contributed by atoms with E-state index in [9.17, 15) is 14.9 Å². The van der Waals surface area contributed by atoms with Crippen LogP contribution in [0.25, 0.3) is 0 Å². The number of nitrogens with one attached hydrogen (secondary N) is 1. The van der Waals surface area contributed by atoms with Gasteiger partial charge in [0.15, 0.2) is 0 Å². The van der Waals surface area contributed by atoms with Crippen LogP contribution in [-0.4, -0.2) is 16.5 Å². The Morgan fingerprint density at radius 3 is 2.59 bits per heavy atom. The van der Waals surface area contributed by atoms with Gasteiger partial charge in [-0.15, -0.1) is 0 Å². The highest BCUT2D eigenvalue weighted by atomic mass is 16.6. The highest BCUT2D eigenvalue weighted by Crippen LogP contribution is 2.30. The van der Waals surface area contributed by atoms with Gasteiger partial charge in [-0.05, 0) is 42.3 Å². The molecule has 0 fully saturated rings. The van der Waals surface area contributed by atoms with E-state index in [1.54, 1.807) is 12.1 Å². The molecule has 0 unspecified atom stereocenters. The predicted octanol–water partition coefficient (Wildman–Crippen LogP) is 3.37. The SMILES string of the molecule is Cc1ccc2c(c1)N=C(c1ccc([N+](=O)[O-])cc1)CC(=O)N2. The van der Waals surface area contributed by atoms with E-state index in [0.29, 0.717) is 22.6 Å². The van der Waals surface area contributed by atoms with Crippen LogP contribution >= 0.6 is 0 Å². The van der Waals surface area contributed by atoms with E-state index >= 15 is 0 Å². The zero-order valence-electron chi connectivity index (χ0n) is 11.9. The molecule has 2 aromatic carbocycles. The molecule has 1 N–H and O–H groups in total. The number of fused-ring (bicyclic) bond motifs is 1. The van der Waals surface area contributed by atoms with E-state index in [-0.39, 0.29) is 18.0 Å². The molecule has 1 heterocycles. The minimum absolute atomic E-state index is 0.0127. The summed E-state index contributed by atoms with van der Waals surface area (Å²) in [4.78, 5) is 26.8. The van der Waals surface area contributed by atoms with Crippen LogP contribution in [0.4, 0.5) is 17.1 Å². The molecule has 0 radical (unpaired) electrons. The molecule has 1 amide bonds. The molecule has 3 rings (SSSR count). The number of benzene rings is 2. The van der Waals surface area contributed by atoms with Crippen LogP contribution in [0.1, 0.15) is 17.5 Å². The Bertz CT molecular complexity index is 795. The van der Waals surface area contributed by atoms with Crippen molar-refractivity contribution in [2.24, 2.45) is 4.99 Å². The molecule has 0 saturated heterocycles. The Kier molecular flexibility index (Phi) is 3.42. The van der Waals surface area contributed by atoms with Crippen molar-refractivity contribution in [3.63, 3.8) is 0 Å². The number of amides is 1. The van der Waals surface area contributed by atoms with Gasteiger partial charge in [-0.2, -0.15) is 0 Å². The molecule has 0 aliphatic carbocycles. The number of carbonyl (C=O) groups excluding carboxylic acids is 1. The van der Waals surface area contributed by atoms with Crippen molar-refractivity contribution >= 4 is 28.7 Å². The van der Waals surface area contributed by atoms with Crippen LogP contribution in [0.3, 0.4) is 0 Å². The Hall–Kier alpha value is -3.02. The van der Waals surface area contributed by atoms with Crippen molar-refractivity contribution in [3.05, 3.63) is 63.7 Å². The lowest BCUT2D eigenvalue weighted by molar-refractivity contribution is -0.384. The number of aryl methyl sites for hydroxylation is 1. The van der Waals surface area contributed by atoms with Gasteiger partial charge < -0.3 is 5.32 Å². The van der Waals surface area contributed by atoms with Gasteiger partial charge in [0.1, 0.15) is 0 Å². The van der Waals surface area contributed by atoms with Crippen LogP contribution in [0.2, 0.25) is 0 Å². The second kappa shape index (κ2) is 5.40. The predicted molar refractivity (Wildman–Crippen MR) is 83.7 cm³/mol. The highest BCUT2D eigenvalue weighted by Gasteiger charge is 2.17. The molecular formula is C16H13N3O3. The fourth-order valence-electron chi connectivity index (χ4n) is 2.31.